The van der Waals surface area contributed by atoms with Crippen LogP contribution in [0.25, 0.3) is 0 Å². The van der Waals surface area contributed by atoms with E-state index in [1.54, 1.807) is 0 Å². The standard InChI is InChI=1S/C15H28N2OS/c1-15(2)6-7-17(14(18)13(9-15)16-3)10-12-5-4-8-19-11-12/h12-13,16H,4-11H2,1-3H3. The van der Waals surface area contributed by atoms with Crippen LogP contribution in [-0.2, 0) is 4.79 Å². The molecule has 1 N–H and O–H groups in total. The summed E-state index contributed by atoms with van der Waals surface area (Å²) in [6, 6.07) is 0.00810. The molecule has 1 amide bonds. The lowest BCUT2D eigenvalue weighted by Gasteiger charge is -2.30. The van der Waals surface area contributed by atoms with E-state index < -0.39 is 0 Å². The van der Waals surface area contributed by atoms with Crippen LogP contribution in [0.1, 0.15) is 39.5 Å². The fourth-order valence-corrected chi connectivity index (χ4v) is 4.32. The highest BCUT2D eigenvalue weighted by Gasteiger charge is 2.35. The number of thioether (sulfide) groups is 1. The average molecular weight is 284 g/mol. The molecule has 0 aliphatic carbocycles. The maximum atomic E-state index is 12.6. The van der Waals surface area contributed by atoms with Crippen LogP contribution < -0.4 is 5.32 Å². The molecule has 19 heavy (non-hydrogen) atoms. The number of likely N-dealkylation sites (tertiary alicyclic amines) is 1. The van der Waals surface area contributed by atoms with Crippen LogP contribution in [0, 0.1) is 11.3 Å². The van der Waals surface area contributed by atoms with Crippen LogP contribution >= 0.6 is 11.8 Å². The lowest BCUT2D eigenvalue weighted by atomic mass is 9.83. The highest BCUT2D eigenvalue weighted by atomic mass is 32.2. The van der Waals surface area contributed by atoms with Crippen molar-refractivity contribution in [3.8, 4) is 0 Å². The summed E-state index contributed by atoms with van der Waals surface area (Å²) in [6.45, 7) is 6.47. The van der Waals surface area contributed by atoms with Gasteiger partial charge in [0.25, 0.3) is 0 Å². The van der Waals surface area contributed by atoms with Crippen molar-refractivity contribution in [2.45, 2.75) is 45.6 Å². The third-order valence-corrected chi connectivity index (χ3v) is 5.79. The lowest BCUT2D eigenvalue weighted by molar-refractivity contribution is -0.133. The summed E-state index contributed by atoms with van der Waals surface area (Å²) < 4.78 is 0. The number of nitrogens with one attached hydrogen (secondary N) is 1. The second kappa shape index (κ2) is 6.49. The van der Waals surface area contributed by atoms with Gasteiger partial charge >= 0.3 is 0 Å². The third-order valence-electron chi connectivity index (χ3n) is 4.51. The molecular formula is C15H28N2OS. The molecule has 2 saturated heterocycles. The molecule has 2 atom stereocenters. The van der Waals surface area contributed by atoms with Crippen LogP contribution in [0.2, 0.25) is 0 Å². The minimum Gasteiger partial charge on any atom is -0.341 e. The first-order valence-corrected chi connectivity index (χ1v) is 8.71. The molecule has 2 unspecified atom stereocenters. The van der Waals surface area contributed by atoms with Gasteiger partial charge < -0.3 is 10.2 Å². The van der Waals surface area contributed by atoms with E-state index >= 15 is 0 Å². The van der Waals surface area contributed by atoms with E-state index in [0.717, 1.165) is 25.9 Å². The first-order chi connectivity index (χ1) is 9.02. The molecule has 0 aromatic heterocycles. The van der Waals surface area contributed by atoms with E-state index in [2.05, 4.69) is 35.8 Å². The Balaban J connectivity index is 1.99. The fourth-order valence-electron chi connectivity index (χ4n) is 3.18. The highest BCUT2D eigenvalue weighted by Crippen LogP contribution is 2.32. The number of amides is 1. The Kier molecular flexibility index (Phi) is 5.18. The Bertz CT molecular complexity index is 313. The number of hydrogen-bond donors (Lipinski definition) is 1. The molecule has 3 nitrogen and oxygen atoms in total. The summed E-state index contributed by atoms with van der Waals surface area (Å²) >= 11 is 2.05. The van der Waals surface area contributed by atoms with Crippen LogP contribution in [-0.4, -0.2) is 48.5 Å². The highest BCUT2D eigenvalue weighted by molar-refractivity contribution is 7.99. The van der Waals surface area contributed by atoms with E-state index in [9.17, 15) is 4.79 Å². The minimum atomic E-state index is 0.00810. The predicted octanol–water partition coefficient (Wildman–Crippen LogP) is 2.37. The van der Waals surface area contributed by atoms with Crippen LogP contribution in [0.4, 0.5) is 0 Å². The smallest absolute Gasteiger partial charge is 0.239 e. The molecule has 4 heteroatoms. The number of rotatable bonds is 3. The van der Waals surface area contributed by atoms with E-state index in [4.69, 9.17) is 0 Å². The Morgan fingerprint density at radius 1 is 1.47 bits per heavy atom. The van der Waals surface area contributed by atoms with Gasteiger partial charge in [-0.15, -0.1) is 0 Å². The van der Waals surface area contributed by atoms with Crippen LogP contribution in [0.15, 0.2) is 0 Å². The molecule has 2 fully saturated rings. The second-order valence-corrected chi connectivity index (χ2v) is 7.98. The van der Waals surface area contributed by atoms with Gasteiger partial charge in [-0.1, -0.05) is 13.8 Å². The van der Waals surface area contributed by atoms with Crippen molar-refractivity contribution in [1.82, 2.24) is 10.2 Å². The SMILES string of the molecule is CNC1CC(C)(C)CCN(CC2CCCSC2)C1=O. The van der Waals surface area contributed by atoms with Gasteiger partial charge in [0, 0.05) is 13.1 Å². The van der Waals surface area contributed by atoms with Gasteiger partial charge in [-0.2, -0.15) is 11.8 Å². The van der Waals surface area contributed by atoms with Crippen LogP contribution in [0.3, 0.4) is 0 Å². The van der Waals surface area contributed by atoms with Crippen LogP contribution in [0.5, 0.6) is 0 Å². The summed E-state index contributed by atoms with van der Waals surface area (Å²) in [5, 5.41) is 3.22. The Morgan fingerprint density at radius 3 is 2.89 bits per heavy atom. The first-order valence-electron chi connectivity index (χ1n) is 7.55. The van der Waals surface area contributed by atoms with E-state index in [-0.39, 0.29) is 11.5 Å². The van der Waals surface area contributed by atoms with Gasteiger partial charge in [-0.25, -0.2) is 0 Å². The number of likely N-dealkylation sites (N-methyl/N-ethyl adjacent to an activating group) is 1. The lowest BCUT2D eigenvalue weighted by Crippen LogP contribution is -2.46. The van der Waals surface area contributed by atoms with Gasteiger partial charge in [-0.05, 0) is 55.6 Å². The maximum Gasteiger partial charge on any atom is 0.239 e. The van der Waals surface area contributed by atoms with Gasteiger partial charge in [0.2, 0.25) is 5.91 Å². The van der Waals surface area contributed by atoms with Crippen molar-refractivity contribution in [2.24, 2.45) is 11.3 Å². The molecule has 0 spiro atoms. The van der Waals surface area contributed by atoms with Crippen molar-refractivity contribution < 1.29 is 4.79 Å². The molecule has 2 rings (SSSR count). The molecule has 0 saturated carbocycles. The molecule has 0 aromatic carbocycles. The quantitative estimate of drug-likeness (QED) is 0.863. The Morgan fingerprint density at radius 2 is 2.26 bits per heavy atom. The molecule has 2 aliphatic heterocycles. The summed E-state index contributed by atoms with van der Waals surface area (Å²) in [5.74, 6) is 3.57. The maximum absolute atomic E-state index is 12.6. The van der Waals surface area contributed by atoms with Gasteiger partial charge in [0.05, 0.1) is 6.04 Å². The van der Waals surface area contributed by atoms with E-state index in [1.807, 2.05) is 7.05 Å². The van der Waals surface area contributed by atoms with E-state index in [0.29, 0.717) is 11.8 Å². The predicted molar refractivity (Wildman–Crippen MR) is 82.5 cm³/mol. The number of carbonyl (C=O) groups is 1. The molecule has 0 radical (unpaired) electrons. The van der Waals surface area contributed by atoms with Crippen molar-refractivity contribution >= 4 is 17.7 Å². The largest absolute Gasteiger partial charge is 0.341 e. The number of carbonyl (C=O) groups excluding carboxylic acids is 1. The van der Waals surface area contributed by atoms with Gasteiger partial charge in [0.15, 0.2) is 0 Å². The number of nitrogens with zero attached hydrogens (tertiary/aromatic N) is 1. The van der Waals surface area contributed by atoms with E-state index in [1.165, 1.54) is 24.3 Å². The average Bonchev–Trinajstić information content (AvgIpc) is 2.51. The summed E-state index contributed by atoms with van der Waals surface area (Å²) in [7, 11) is 1.92. The zero-order chi connectivity index (χ0) is 13.9. The first kappa shape index (κ1) is 15.2. The third kappa shape index (κ3) is 4.12. The Hall–Kier alpha value is -0.220. The Labute approximate surface area is 121 Å². The van der Waals surface area contributed by atoms with Crippen molar-refractivity contribution in [3.05, 3.63) is 0 Å². The summed E-state index contributed by atoms with van der Waals surface area (Å²) in [4.78, 5) is 14.7. The fraction of sp³-hybridized carbons (Fsp3) is 0.933. The second-order valence-electron chi connectivity index (χ2n) is 6.83. The molecule has 0 aromatic rings. The summed E-state index contributed by atoms with van der Waals surface area (Å²) in [5.41, 5.74) is 0.263. The molecular weight excluding hydrogens is 256 g/mol. The minimum absolute atomic E-state index is 0.00810. The van der Waals surface area contributed by atoms with Gasteiger partial charge in [-0.3, -0.25) is 4.79 Å². The van der Waals surface area contributed by atoms with Crippen molar-refractivity contribution in [3.63, 3.8) is 0 Å². The monoisotopic (exact) mass is 284 g/mol. The zero-order valence-corrected chi connectivity index (χ0v) is 13.4. The van der Waals surface area contributed by atoms with Gasteiger partial charge in [0.1, 0.15) is 0 Å². The molecule has 0 bridgehead atoms. The zero-order valence-electron chi connectivity index (χ0n) is 12.6. The van der Waals surface area contributed by atoms with Crippen molar-refractivity contribution in [2.75, 3.05) is 31.6 Å². The normalized spacial score (nSPS) is 32.2. The molecule has 2 aliphatic rings. The molecule has 2 heterocycles. The number of hydrogen-bond acceptors (Lipinski definition) is 3. The van der Waals surface area contributed by atoms with Crippen molar-refractivity contribution in [1.29, 1.82) is 0 Å². The summed E-state index contributed by atoms with van der Waals surface area (Å²) in [6.07, 6.45) is 4.69. The molecule has 110 valence electrons. The topological polar surface area (TPSA) is 32.3 Å².